The number of methoxy groups -OCH3 is 1. The molecule has 1 aromatic heterocycles. The molecule has 3 nitrogen and oxygen atoms in total. The van der Waals surface area contributed by atoms with Gasteiger partial charge in [-0.15, -0.1) is 11.3 Å². The second kappa shape index (κ2) is 4.55. The fraction of sp³-hybridized carbons (Fsp3) is 0.167. The van der Waals surface area contributed by atoms with Crippen LogP contribution in [0.25, 0.3) is 0 Å². The fourth-order valence-corrected chi connectivity index (χ4v) is 2.29. The van der Waals surface area contributed by atoms with Crippen LogP contribution in [0, 0.1) is 0 Å². The highest BCUT2D eigenvalue weighted by molar-refractivity contribution is 7.10. The number of nitrogens with two attached hydrogens (primary N) is 1. The monoisotopic (exact) mass is 235 g/mol. The van der Waals surface area contributed by atoms with Crippen molar-refractivity contribution in [1.82, 2.24) is 0 Å². The molecule has 0 fully saturated rings. The van der Waals surface area contributed by atoms with E-state index in [2.05, 4.69) is 0 Å². The molecule has 0 spiro atoms. The molecule has 1 aromatic carbocycles. The van der Waals surface area contributed by atoms with Gasteiger partial charge in [0, 0.05) is 4.88 Å². The van der Waals surface area contributed by atoms with Crippen LogP contribution in [0.4, 0.5) is 0 Å². The first-order valence-electron chi connectivity index (χ1n) is 4.88. The highest BCUT2D eigenvalue weighted by Crippen LogP contribution is 2.31. The Balaban J connectivity index is 2.31. The molecule has 0 aliphatic rings. The van der Waals surface area contributed by atoms with Gasteiger partial charge in [-0.2, -0.15) is 0 Å². The van der Waals surface area contributed by atoms with Crippen molar-refractivity contribution in [2.75, 3.05) is 7.11 Å². The third kappa shape index (κ3) is 2.03. The lowest BCUT2D eigenvalue weighted by molar-refractivity contribution is 0.373. The average Bonchev–Trinajstić information content (AvgIpc) is 2.81. The number of hydrogen-bond acceptors (Lipinski definition) is 4. The molecule has 3 N–H and O–H groups in total. The summed E-state index contributed by atoms with van der Waals surface area (Å²) in [7, 11) is 1.52. The number of aromatic hydroxyl groups is 1. The first kappa shape index (κ1) is 11.0. The normalized spacial score (nSPS) is 12.4. The Morgan fingerprint density at radius 1 is 1.38 bits per heavy atom. The second-order valence-corrected chi connectivity index (χ2v) is 4.40. The average molecular weight is 235 g/mol. The smallest absolute Gasteiger partial charge is 0.160 e. The predicted molar refractivity (Wildman–Crippen MR) is 65.0 cm³/mol. The van der Waals surface area contributed by atoms with Crippen molar-refractivity contribution in [2.24, 2.45) is 5.73 Å². The third-order valence-electron chi connectivity index (χ3n) is 2.41. The van der Waals surface area contributed by atoms with Gasteiger partial charge >= 0.3 is 0 Å². The highest BCUT2D eigenvalue weighted by Gasteiger charge is 2.12. The van der Waals surface area contributed by atoms with Crippen LogP contribution in [0.2, 0.25) is 0 Å². The molecule has 0 unspecified atom stereocenters. The predicted octanol–water partition coefficient (Wildman–Crippen LogP) is 2.51. The molecule has 0 aliphatic carbocycles. The largest absolute Gasteiger partial charge is 0.504 e. The maximum Gasteiger partial charge on any atom is 0.160 e. The summed E-state index contributed by atoms with van der Waals surface area (Å²) in [5.41, 5.74) is 6.96. The van der Waals surface area contributed by atoms with Crippen molar-refractivity contribution in [1.29, 1.82) is 0 Å². The Labute approximate surface area is 98.1 Å². The Bertz CT molecular complexity index is 468. The van der Waals surface area contributed by atoms with E-state index in [1.807, 2.05) is 23.6 Å². The second-order valence-electron chi connectivity index (χ2n) is 3.42. The summed E-state index contributed by atoms with van der Waals surface area (Å²) in [6, 6.07) is 8.97. The number of hydrogen-bond donors (Lipinski definition) is 2. The van der Waals surface area contributed by atoms with E-state index < -0.39 is 0 Å². The van der Waals surface area contributed by atoms with E-state index in [0.29, 0.717) is 5.75 Å². The van der Waals surface area contributed by atoms with Crippen LogP contribution in [-0.4, -0.2) is 12.2 Å². The van der Waals surface area contributed by atoms with E-state index in [0.717, 1.165) is 10.4 Å². The molecule has 2 rings (SSSR count). The molecule has 0 bridgehead atoms. The van der Waals surface area contributed by atoms with Crippen LogP contribution in [0.1, 0.15) is 16.5 Å². The molecule has 0 radical (unpaired) electrons. The van der Waals surface area contributed by atoms with Gasteiger partial charge in [-0.3, -0.25) is 0 Å². The third-order valence-corrected chi connectivity index (χ3v) is 3.37. The number of phenols is 1. The van der Waals surface area contributed by atoms with Crippen LogP contribution >= 0.6 is 11.3 Å². The minimum absolute atomic E-state index is 0.118. The molecule has 1 atom stereocenters. The van der Waals surface area contributed by atoms with Crippen LogP contribution in [-0.2, 0) is 0 Å². The Morgan fingerprint density at radius 2 is 2.19 bits per heavy atom. The molecular weight excluding hydrogens is 222 g/mol. The Kier molecular flexibility index (Phi) is 3.12. The summed E-state index contributed by atoms with van der Waals surface area (Å²) >= 11 is 1.60. The van der Waals surface area contributed by atoms with E-state index in [1.165, 1.54) is 7.11 Å². The zero-order valence-electron chi connectivity index (χ0n) is 8.88. The SMILES string of the molecule is COc1ccc([C@H](N)c2cccs2)cc1O. The molecule has 4 heteroatoms. The van der Waals surface area contributed by atoms with Gasteiger partial charge in [0.25, 0.3) is 0 Å². The minimum atomic E-state index is -0.197. The van der Waals surface area contributed by atoms with Gasteiger partial charge in [0.2, 0.25) is 0 Å². The fourth-order valence-electron chi connectivity index (χ4n) is 1.53. The van der Waals surface area contributed by atoms with Crippen molar-refractivity contribution >= 4 is 11.3 Å². The summed E-state index contributed by atoms with van der Waals surface area (Å²) in [6.07, 6.45) is 0. The van der Waals surface area contributed by atoms with Crippen molar-refractivity contribution in [3.05, 3.63) is 46.2 Å². The summed E-state index contributed by atoms with van der Waals surface area (Å²) in [5, 5.41) is 11.6. The maximum atomic E-state index is 9.66. The van der Waals surface area contributed by atoms with Crippen molar-refractivity contribution in [2.45, 2.75) is 6.04 Å². The summed E-state index contributed by atoms with van der Waals surface area (Å²) in [6.45, 7) is 0. The van der Waals surface area contributed by atoms with E-state index >= 15 is 0 Å². The first-order chi connectivity index (χ1) is 7.72. The van der Waals surface area contributed by atoms with Gasteiger partial charge in [-0.25, -0.2) is 0 Å². The van der Waals surface area contributed by atoms with E-state index in [-0.39, 0.29) is 11.8 Å². The standard InChI is InChI=1S/C12H13NO2S/c1-15-10-5-4-8(7-9(10)14)12(13)11-3-2-6-16-11/h2-7,12,14H,13H2,1H3/t12-/m0/s1. The van der Waals surface area contributed by atoms with Crippen molar-refractivity contribution in [3.63, 3.8) is 0 Å². The summed E-state index contributed by atoms with van der Waals surface area (Å²) in [4.78, 5) is 1.07. The quantitative estimate of drug-likeness (QED) is 0.859. The molecule has 0 saturated carbocycles. The lowest BCUT2D eigenvalue weighted by Gasteiger charge is -2.11. The number of thiophene rings is 1. The van der Waals surface area contributed by atoms with Gasteiger partial charge in [-0.05, 0) is 29.1 Å². The Hall–Kier alpha value is -1.52. The molecule has 2 aromatic rings. The molecule has 16 heavy (non-hydrogen) atoms. The molecule has 0 saturated heterocycles. The van der Waals surface area contributed by atoms with Crippen LogP contribution < -0.4 is 10.5 Å². The van der Waals surface area contributed by atoms with Gasteiger partial charge < -0.3 is 15.6 Å². The van der Waals surface area contributed by atoms with Gasteiger partial charge in [-0.1, -0.05) is 12.1 Å². The minimum Gasteiger partial charge on any atom is -0.504 e. The van der Waals surface area contributed by atoms with E-state index in [1.54, 1.807) is 23.5 Å². The molecular formula is C12H13NO2S. The van der Waals surface area contributed by atoms with E-state index in [9.17, 15) is 5.11 Å². The summed E-state index contributed by atoms with van der Waals surface area (Å²) < 4.78 is 4.98. The van der Waals surface area contributed by atoms with Gasteiger partial charge in [0.05, 0.1) is 13.2 Å². The van der Waals surface area contributed by atoms with Crippen LogP contribution in [0.15, 0.2) is 35.7 Å². The van der Waals surface area contributed by atoms with Gasteiger partial charge in [0.1, 0.15) is 0 Å². The van der Waals surface area contributed by atoms with Crippen molar-refractivity contribution < 1.29 is 9.84 Å². The molecule has 0 amide bonds. The molecule has 84 valence electrons. The number of ether oxygens (including phenoxy) is 1. The lowest BCUT2D eigenvalue weighted by atomic mass is 10.1. The number of phenolic OH excluding ortho intramolecular Hbond substituents is 1. The molecule has 0 aliphatic heterocycles. The lowest BCUT2D eigenvalue weighted by Crippen LogP contribution is -2.09. The van der Waals surface area contributed by atoms with Crippen molar-refractivity contribution in [3.8, 4) is 11.5 Å². The number of benzene rings is 1. The Morgan fingerprint density at radius 3 is 2.75 bits per heavy atom. The molecule has 1 heterocycles. The van der Waals surface area contributed by atoms with Crippen LogP contribution in [0.5, 0.6) is 11.5 Å². The highest BCUT2D eigenvalue weighted by atomic mass is 32.1. The number of rotatable bonds is 3. The summed E-state index contributed by atoms with van der Waals surface area (Å²) in [5.74, 6) is 0.578. The zero-order valence-corrected chi connectivity index (χ0v) is 9.70. The topological polar surface area (TPSA) is 55.5 Å². The van der Waals surface area contributed by atoms with E-state index in [4.69, 9.17) is 10.5 Å². The maximum absolute atomic E-state index is 9.66. The van der Waals surface area contributed by atoms with Gasteiger partial charge in [0.15, 0.2) is 11.5 Å². The van der Waals surface area contributed by atoms with Crippen LogP contribution in [0.3, 0.4) is 0 Å². The first-order valence-corrected chi connectivity index (χ1v) is 5.76. The zero-order chi connectivity index (χ0) is 11.5.